The first-order chi connectivity index (χ1) is 14.7. The van der Waals surface area contributed by atoms with Crippen LogP contribution in [0.25, 0.3) is 11.1 Å². The zero-order valence-corrected chi connectivity index (χ0v) is 18.4. The van der Waals surface area contributed by atoms with Gasteiger partial charge in [0.15, 0.2) is 0 Å². The van der Waals surface area contributed by atoms with Crippen molar-refractivity contribution in [3.63, 3.8) is 0 Å². The van der Waals surface area contributed by atoms with E-state index in [1.54, 1.807) is 12.4 Å². The Morgan fingerprint density at radius 1 is 1.19 bits per heavy atom. The van der Waals surface area contributed by atoms with Crippen LogP contribution in [-0.2, 0) is 0 Å². The molecule has 2 N–H and O–H groups in total. The predicted molar refractivity (Wildman–Crippen MR) is 118 cm³/mol. The molecule has 7 heteroatoms. The Labute approximate surface area is 182 Å². The van der Waals surface area contributed by atoms with Crippen molar-refractivity contribution in [3.05, 3.63) is 47.8 Å². The first-order valence-corrected chi connectivity index (χ1v) is 10.9. The molecule has 0 bridgehead atoms. The summed E-state index contributed by atoms with van der Waals surface area (Å²) >= 11 is 0. The highest BCUT2D eigenvalue weighted by atomic mass is 19.1. The van der Waals surface area contributed by atoms with E-state index in [4.69, 9.17) is 0 Å². The number of anilines is 1. The molecule has 0 radical (unpaired) electrons. The van der Waals surface area contributed by atoms with Crippen molar-refractivity contribution in [1.29, 1.82) is 0 Å². The maximum absolute atomic E-state index is 14.0. The Balaban J connectivity index is 1.77. The molecule has 2 saturated heterocycles. The van der Waals surface area contributed by atoms with Crippen LogP contribution < -0.4 is 15.5 Å². The number of nitrogens with zero attached hydrogens (tertiary/aromatic N) is 2. The maximum atomic E-state index is 14.0. The monoisotopic (exact) mass is 428 g/mol. The van der Waals surface area contributed by atoms with Crippen molar-refractivity contribution in [2.24, 2.45) is 5.41 Å². The molecule has 2 aromatic rings. The summed E-state index contributed by atoms with van der Waals surface area (Å²) < 4.78 is 28.0. The lowest BCUT2D eigenvalue weighted by molar-refractivity contribution is 0.0939. The summed E-state index contributed by atoms with van der Waals surface area (Å²) in [6, 6.07) is 3.43. The second kappa shape index (κ2) is 8.19. The second-order valence-corrected chi connectivity index (χ2v) is 9.97. The van der Waals surface area contributed by atoms with Crippen molar-refractivity contribution >= 4 is 11.6 Å². The number of amides is 1. The van der Waals surface area contributed by atoms with Crippen molar-refractivity contribution < 1.29 is 13.6 Å². The van der Waals surface area contributed by atoms with Gasteiger partial charge in [0, 0.05) is 49.2 Å². The van der Waals surface area contributed by atoms with Gasteiger partial charge in [-0.1, -0.05) is 20.8 Å². The lowest BCUT2D eigenvalue weighted by Gasteiger charge is -2.28. The summed E-state index contributed by atoms with van der Waals surface area (Å²) in [5, 5.41) is 6.62. The number of halogens is 2. The number of carbonyl (C=O) groups excluding carboxylic acids is 1. The molecular formula is C24H30F2N4O. The largest absolute Gasteiger partial charge is 0.368 e. The number of benzene rings is 1. The van der Waals surface area contributed by atoms with Gasteiger partial charge in [0.25, 0.3) is 5.91 Å². The van der Waals surface area contributed by atoms with E-state index in [-0.39, 0.29) is 16.9 Å². The van der Waals surface area contributed by atoms with Gasteiger partial charge < -0.3 is 15.5 Å². The zero-order chi connectivity index (χ0) is 22.2. The third kappa shape index (κ3) is 4.71. The van der Waals surface area contributed by atoms with Crippen LogP contribution in [0.1, 0.15) is 50.4 Å². The number of hydrogen-bond donors (Lipinski definition) is 2. The molecule has 3 heterocycles. The number of hydrogen-bond acceptors (Lipinski definition) is 4. The van der Waals surface area contributed by atoms with E-state index in [9.17, 15) is 13.6 Å². The van der Waals surface area contributed by atoms with Gasteiger partial charge in [-0.15, -0.1) is 0 Å². The summed E-state index contributed by atoms with van der Waals surface area (Å²) in [5.74, 6) is -1.53. The molecule has 0 aliphatic carbocycles. The first-order valence-electron chi connectivity index (χ1n) is 10.9. The molecule has 5 nitrogen and oxygen atoms in total. The van der Waals surface area contributed by atoms with Crippen LogP contribution in [-0.4, -0.2) is 42.6 Å². The Morgan fingerprint density at radius 2 is 1.94 bits per heavy atom. The molecule has 0 saturated carbocycles. The average molecular weight is 429 g/mol. The van der Waals surface area contributed by atoms with E-state index in [2.05, 4.69) is 20.5 Å². The molecule has 166 valence electrons. The van der Waals surface area contributed by atoms with Gasteiger partial charge in [-0.25, -0.2) is 8.78 Å². The van der Waals surface area contributed by atoms with Crippen LogP contribution in [0.2, 0.25) is 0 Å². The number of aromatic nitrogens is 1. The fraction of sp³-hybridized carbons (Fsp3) is 0.500. The van der Waals surface area contributed by atoms with Crippen LogP contribution in [0.5, 0.6) is 0 Å². The van der Waals surface area contributed by atoms with E-state index in [0.29, 0.717) is 28.9 Å². The lowest BCUT2D eigenvalue weighted by Crippen LogP contribution is -2.42. The molecule has 1 amide bonds. The van der Waals surface area contributed by atoms with Gasteiger partial charge in [-0.2, -0.15) is 0 Å². The van der Waals surface area contributed by atoms with E-state index in [1.807, 2.05) is 20.8 Å². The third-order valence-electron chi connectivity index (χ3n) is 6.12. The van der Waals surface area contributed by atoms with Crippen molar-refractivity contribution in [2.75, 3.05) is 31.1 Å². The third-order valence-corrected chi connectivity index (χ3v) is 6.12. The van der Waals surface area contributed by atoms with Gasteiger partial charge >= 0.3 is 0 Å². The molecule has 1 aromatic carbocycles. The summed E-state index contributed by atoms with van der Waals surface area (Å²) in [6.07, 6.45) is 6.33. The summed E-state index contributed by atoms with van der Waals surface area (Å²) in [6.45, 7) is 9.17. The smallest absolute Gasteiger partial charge is 0.255 e. The molecule has 2 aliphatic heterocycles. The van der Waals surface area contributed by atoms with E-state index < -0.39 is 11.6 Å². The highest BCUT2D eigenvalue weighted by Gasteiger charge is 2.41. The minimum atomic E-state index is -0.654. The molecule has 1 aromatic heterocycles. The summed E-state index contributed by atoms with van der Waals surface area (Å²) in [5.41, 5.74) is 2.03. The SMILES string of the molecule is CC(C)(C)CNC(=O)c1cncc(-c2cc(F)cc(F)c2)c1N1CCC2(CCCN2)C1. The topological polar surface area (TPSA) is 57.3 Å². The van der Waals surface area contributed by atoms with E-state index >= 15 is 0 Å². The Bertz CT molecular complexity index is 960. The van der Waals surface area contributed by atoms with Crippen LogP contribution >= 0.6 is 0 Å². The van der Waals surface area contributed by atoms with Crippen molar-refractivity contribution in [1.82, 2.24) is 15.6 Å². The zero-order valence-electron chi connectivity index (χ0n) is 18.4. The van der Waals surface area contributed by atoms with E-state index in [0.717, 1.165) is 45.0 Å². The van der Waals surface area contributed by atoms with Crippen LogP contribution in [0, 0.1) is 17.0 Å². The summed E-state index contributed by atoms with van der Waals surface area (Å²) in [4.78, 5) is 19.6. The van der Waals surface area contributed by atoms with Crippen molar-refractivity contribution in [3.8, 4) is 11.1 Å². The second-order valence-electron chi connectivity index (χ2n) is 9.97. The van der Waals surface area contributed by atoms with Crippen LogP contribution in [0.4, 0.5) is 14.5 Å². The fourth-order valence-corrected chi connectivity index (χ4v) is 4.60. The predicted octanol–water partition coefficient (Wildman–Crippen LogP) is 4.14. The lowest BCUT2D eigenvalue weighted by atomic mass is 9.96. The molecule has 4 rings (SSSR count). The number of nitrogens with one attached hydrogen (secondary N) is 2. The van der Waals surface area contributed by atoms with Gasteiger partial charge in [-0.3, -0.25) is 9.78 Å². The highest BCUT2D eigenvalue weighted by Crippen LogP contribution is 2.40. The molecule has 1 spiro atoms. The van der Waals surface area contributed by atoms with E-state index in [1.165, 1.54) is 12.1 Å². The minimum Gasteiger partial charge on any atom is -0.368 e. The van der Waals surface area contributed by atoms with Crippen LogP contribution in [0.3, 0.4) is 0 Å². The molecule has 1 unspecified atom stereocenters. The molecule has 2 aliphatic rings. The van der Waals surface area contributed by atoms with Gasteiger partial charge in [0.1, 0.15) is 11.6 Å². The average Bonchev–Trinajstić information content (AvgIpc) is 3.34. The minimum absolute atomic E-state index is 0.0346. The number of pyridine rings is 1. The number of carbonyl (C=O) groups is 1. The van der Waals surface area contributed by atoms with Gasteiger partial charge in [0.2, 0.25) is 0 Å². The summed E-state index contributed by atoms with van der Waals surface area (Å²) in [7, 11) is 0. The van der Waals surface area contributed by atoms with Gasteiger partial charge in [-0.05, 0) is 48.9 Å². The Morgan fingerprint density at radius 3 is 2.58 bits per heavy atom. The first kappa shape index (κ1) is 21.7. The Hall–Kier alpha value is -2.54. The molecule has 2 fully saturated rings. The van der Waals surface area contributed by atoms with Crippen LogP contribution in [0.15, 0.2) is 30.6 Å². The molecular weight excluding hydrogens is 398 g/mol. The Kier molecular flexibility index (Phi) is 5.73. The molecule has 31 heavy (non-hydrogen) atoms. The highest BCUT2D eigenvalue weighted by molar-refractivity contribution is 6.03. The maximum Gasteiger partial charge on any atom is 0.255 e. The standard InChI is InChI=1S/C24H30F2N4O/c1-23(2,3)14-28-22(31)20-13-27-12-19(16-9-17(25)11-18(26)10-16)21(20)30-8-6-24(15-30)5-4-7-29-24/h9-13,29H,4-8,14-15H2,1-3H3,(H,28,31). The number of rotatable bonds is 4. The quantitative estimate of drug-likeness (QED) is 0.769. The fourth-order valence-electron chi connectivity index (χ4n) is 4.60. The van der Waals surface area contributed by atoms with Gasteiger partial charge in [0.05, 0.1) is 11.3 Å². The normalized spacial score (nSPS) is 21.1. The molecule has 1 atom stereocenters. The van der Waals surface area contributed by atoms with Crippen molar-refractivity contribution in [2.45, 2.75) is 45.6 Å².